The molecule has 1 aromatic rings. The fourth-order valence-corrected chi connectivity index (χ4v) is 6.50. The Morgan fingerprint density at radius 3 is 2.66 bits per heavy atom. The highest BCUT2D eigenvalue weighted by molar-refractivity contribution is 8.00. The molecule has 0 saturated carbocycles. The van der Waals surface area contributed by atoms with Crippen molar-refractivity contribution in [1.82, 2.24) is 29.4 Å². The Balaban J connectivity index is 1.30. The summed E-state index contributed by atoms with van der Waals surface area (Å²) in [5, 5.41) is 21.9. The van der Waals surface area contributed by atoms with Crippen LogP contribution >= 0.6 is 23.3 Å². The minimum absolute atomic E-state index is 0.0441. The summed E-state index contributed by atoms with van der Waals surface area (Å²) in [4.78, 5) is 70.1. The molecule has 16 nitrogen and oxygen atoms in total. The number of carbonyl (C=O) groups excluding carboxylic acids is 3. The molecule has 3 atom stereocenters. The molecule has 0 aromatic carbocycles. The van der Waals surface area contributed by atoms with Crippen LogP contribution in [0, 0.1) is 10.3 Å². The van der Waals surface area contributed by atoms with Gasteiger partial charge in [0, 0.05) is 42.5 Å². The number of aromatic nitrogens is 2. The van der Waals surface area contributed by atoms with Crippen LogP contribution in [-0.2, 0) is 19.2 Å². The summed E-state index contributed by atoms with van der Waals surface area (Å²) < 4.78 is 3.81. The number of nitrogens with zero attached hydrogens (tertiary/aromatic N) is 6. The summed E-state index contributed by atoms with van der Waals surface area (Å²) >= 11 is 2.01. The maximum absolute atomic E-state index is 13.0. The quantitative estimate of drug-likeness (QED) is 0.0830. The molecule has 0 aliphatic carbocycles. The van der Waals surface area contributed by atoms with Crippen LogP contribution in [0.25, 0.3) is 0 Å². The number of nitroso groups, excluding NO2 is 1. The Bertz CT molecular complexity index is 1320. The minimum Gasteiger partial charge on any atom is -0.477 e. The molecule has 0 radical (unpaired) electrons. The standard InChI is InChI=1S/C20H22N10O6S2/c21-19(22)28-4-9(5-28)29-2-1-7(15(29)32)3-8-6-37-17-11(16(33)30(17)12(8)18(34)35)24-14(31)10(26-36)13-25-20(23)38-27-13/h3,9-11,17H,1-2,4-6H2,(H3,21,22)(H,24,31)(H,34,35)(H2,23,25,27). The van der Waals surface area contributed by atoms with E-state index in [1.54, 1.807) is 9.80 Å². The monoisotopic (exact) mass is 562 g/mol. The van der Waals surface area contributed by atoms with Gasteiger partial charge in [-0.25, -0.2) is 9.78 Å². The summed E-state index contributed by atoms with van der Waals surface area (Å²) in [6.45, 7) is 1.40. The van der Waals surface area contributed by atoms with E-state index >= 15 is 0 Å². The molecule has 200 valence electrons. The Labute approximate surface area is 222 Å². The lowest BCUT2D eigenvalue weighted by molar-refractivity contribution is -0.150. The molecule has 3 unspecified atom stereocenters. The van der Waals surface area contributed by atoms with Crippen molar-refractivity contribution in [2.24, 2.45) is 10.9 Å². The number of nitrogens with one attached hydrogen (secondary N) is 2. The zero-order chi connectivity index (χ0) is 27.3. The number of thioether (sulfide) groups is 1. The second-order valence-electron chi connectivity index (χ2n) is 8.94. The van der Waals surface area contributed by atoms with E-state index in [2.05, 4.69) is 19.9 Å². The number of carbonyl (C=O) groups is 4. The van der Waals surface area contributed by atoms with Gasteiger partial charge in [-0.1, -0.05) is 0 Å². The highest BCUT2D eigenvalue weighted by atomic mass is 32.2. The molecule has 3 saturated heterocycles. The number of amides is 3. The van der Waals surface area contributed by atoms with E-state index in [0.29, 0.717) is 37.2 Å². The highest BCUT2D eigenvalue weighted by Gasteiger charge is 2.54. The normalized spacial score (nSPS) is 25.2. The van der Waals surface area contributed by atoms with Gasteiger partial charge in [0.2, 0.25) is 11.9 Å². The van der Waals surface area contributed by atoms with Crippen LogP contribution in [0.1, 0.15) is 18.3 Å². The number of carboxylic acid groups (broad SMARTS) is 1. The van der Waals surface area contributed by atoms with E-state index in [-0.39, 0.29) is 40.3 Å². The molecule has 0 bridgehead atoms. The summed E-state index contributed by atoms with van der Waals surface area (Å²) in [5.41, 5.74) is 11.5. The third kappa shape index (κ3) is 4.24. The van der Waals surface area contributed by atoms with Crippen LogP contribution in [0.15, 0.2) is 28.1 Å². The third-order valence-corrected chi connectivity index (χ3v) is 8.56. The molecule has 1 aromatic heterocycles. The number of nitrogens with two attached hydrogens (primary N) is 2. The predicted molar refractivity (Wildman–Crippen MR) is 134 cm³/mol. The molecule has 3 fully saturated rings. The lowest BCUT2D eigenvalue weighted by Gasteiger charge is -2.49. The Morgan fingerprint density at radius 1 is 1.32 bits per heavy atom. The van der Waals surface area contributed by atoms with Gasteiger partial charge >= 0.3 is 5.97 Å². The van der Waals surface area contributed by atoms with Crippen LogP contribution in [0.4, 0.5) is 5.13 Å². The number of anilines is 1. The molecule has 5 heterocycles. The number of fused-ring (bicyclic) bond motifs is 1. The van der Waals surface area contributed by atoms with E-state index in [9.17, 15) is 29.2 Å². The summed E-state index contributed by atoms with van der Waals surface area (Å²) in [6.07, 6.45) is 1.95. The van der Waals surface area contributed by atoms with Gasteiger partial charge in [-0.2, -0.15) is 4.37 Å². The van der Waals surface area contributed by atoms with Crippen molar-refractivity contribution >= 4 is 58.1 Å². The number of β-lactam (4-membered cyclic amide) rings is 1. The molecule has 0 spiro atoms. The first kappa shape index (κ1) is 25.6. The van der Waals surface area contributed by atoms with Crippen molar-refractivity contribution < 1.29 is 24.3 Å². The summed E-state index contributed by atoms with van der Waals surface area (Å²) in [6, 6.07) is -2.76. The van der Waals surface area contributed by atoms with Gasteiger partial charge in [0.05, 0.1) is 6.04 Å². The zero-order valence-corrected chi connectivity index (χ0v) is 21.2. The fourth-order valence-electron chi connectivity index (χ4n) is 4.73. The molecular weight excluding hydrogens is 540 g/mol. The number of hydrogen-bond donors (Lipinski definition) is 5. The molecule has 4 aliphatic heterocycles. The summed E-state index contributed by atoms with van der Waals surface area (Å²) in [5.74, 6) is -3.19. The average molecular weight is 563 g/mol. The van der Waals surface area contributed by atoms with E-state index in [4.69, 9.17) is 16.9 Å². The number of likely N-dealkylation sites (tertiary alicyclic amines) is 2. The number of aliphatic carboxylic acids is 1. The lowest BCUT2D eigenvalue weighted by atomic mass is 10.0. The van der Waals surface area contributed by atoms with Crippen molar-refractivity contribution in [3.63, 3.8) is 0 Å². The van der Waals surface area contributed by atoms with Crippen LogP contribution < -0.4 is 16.8 Å². The van der Waals surface area contributed by atoms with Crippen LogP contribution in [-0.4, -0.2) is 102 Å². The molecule has 7 N–H and O–H groups in total. The Morgan fingerprint density at radius 2 is 2.05 bits per heavy atom. The van der Waals surface area contributed by atoms with Crippen molar-refractivity contribution in [2.45, 2.75) is 29.9 Å². The number of nitrogen functional groups attached to an aromatic ring is 1. The second-order valence-corrected chi connectivity index (χ2v) is 10.8. The van der Waals surface area contributed by atoms with Crippen molar-refractivity contribution in [3.8, 4) is 0 Å². The second kappa shape index (κ2) is 9.67. The smallest absolute Gasteiger partial charge is 0.352 e. The molecule has 3 amide bonds. The van der Waals surface area contributed by atoms with E-state index in [1.807, 2.05) is 0 Å². The summed E-state index contributed by atoms with van der Waals surface area (Å²) in [7, 11) is 0. The van der Waals surface area contributed by atoms with Crippen LogP contribution in [0.3, 0.4) is 0 Å². The fraction of sp³-hybridized carbons (Fsp3) is 0.450. The number of carboxylic acids is 1. The van der Waals surface area contributed by atoms with Crippen LogP contribution in [0.5, 0.6) is 0 Å². The predicted octanol–water partition coefficient (Wildman–Crippen LogP) is -1.60. The zero-order valence-electron chi connectivity index (χ0n) is 19.6. The van der Waals surface area contributed by atoms with Gasteiger partial charge in [-0.3, -0.25) is 24.7 Å². The lowest BCUT2D eigenvalue weighted by Crippen LogP contribution is -2.70. The SMILES string of the molecule is N=C(N)N1CC(N2CCC(=CC3=C(C(=O)O)N4C(=O)C(NC(=O)C(N=O)c5nsc(N)n5)C4SC3)C2=O)C1. The largest absolute Gasteiger partial charge is 0.477 e. The Hall–Kier alpha value is -4.06. The number of hydrogen-bond acceptors (Lipinski definition) is 12. The third-order valence-electron chi connectivity index (χ3n) is 6.70. The number of allylic oxidation sites excluding steroid dienone is 1. The molecule has 18 heteroatoms. The Kier molecular flexibility index (Phi) is 6.51. The maximum Gasteiger partial charge on any atom is 0.352 e. The molecular formula is C20H22N10O6S2. The van der Waals surface area contributed by atoms with Crippen molar-refractivity contribution in [1.29, 1.82) is 5.41 Å². The first-order chi connectivity index (χ1) is 18.1. The minimum atomic E-state index is -1.61. The van der Waals surface area contributed by atoms with Gasteiger partial charge < -0.3 is 31.7 Å². The van der Waals surface area contributed by atoms with Gasteiger partial charge in [-0.15, -0.1) is 16.7 Å². The first-order valence-electron chi connectivity index (χ1n) is 11.3. The maximum atomic E-state index is 13.0. The van der Waals surface area contributed by atoms with Crippen LogP contribution in [0.2, 0.25) is 0 Å². The average Bonchev–Trinajstić information content (AvgIpc) is 3.42. The highest BCUT2D eigenvalue weighted by Crippen LogP contribution is 2.41. The van der Waals surface area contributed by atoms with E-state index < -0.39 is 35.2 Å². The topological polar surface area (TPSA) is 241 Å². The molecule has 5 rings (SSSR count). The van der Waals surface area contributed by atoms with E-state index in [0.717, 1.165) is 16.4 Å². The first-order valence-corrected chi connectivity index (χ1v) is 13.2. The van der Waals surface area contributed by atoms with Gasteiger partial charge in [0.25, 0.3) is 11.8 Å². The van der Waals surface area contributed by atoms with Gasteiger partial charge in [-0.05, 0) is 23.2 Å². The van der Waals surface area contributed by atoms with Gasteiger partial charge in [0.1, 0.15) is 17.1 Å². The van der Waals surface area contributed by atoms with Gasteiger partial charge in [0.15, 0.2) is 16.9 Å². The van der Waals surface area contributed by atoms with Crippen molar-refractivity contribution in [2.75, 3.05) is 31.1 Å². The molecule has 4 aliphatic rings. The number of rotatable bonds is 7. The van der Waals surface area contributed by atoms with E-state index in [1.165, 1.54) is 17.8 Å². The number of guanidine groups is 1. The van der Waals surface area contributed by atoms with Crippen molar-refractivity contribution in [3.05, 3.63) is 33.7 Å². The molecule has 38 heavy (non-hydrogen) atoms.